The van der Waals surface area contributed by atoms with E-state index in [4.69, 9.17) is 19.7 Å². The van der Waals surface area contributed by atoms with Crippen LogP contribution < -0.4 is 0 Å². The molecule has 0 bridgehead atoms. The third-order valence-corrected chi connectivity index (χ3v) is 5.36. The van der Waals surface area contributed by atoms with Gasteiger partial charge in [-0.2, -0.15) is 0 Å². The minimum Gasteiger partial charge on any atom is -0.394 e. The number of carbonyl (C=O) groups excluding carboxylic acids is 1. The molecular weight excluding hydrogens is 374 g/mol. The van der Waals surface area contributed by atoms with Gasteiger partial charge in [-0.05, 0) is 18.2 Å². The number of aromatic nitrogens is 1. The number of rotatable bonds is 12. The molecule has 0 aliphatic rings. The van der Waals surface area contributed by atoms with Gasteiger partial charge in [-0.15, -0.1) is 0 Å². The Morgan fingerprint density at radius 2 is 1.67 bits per heavy atom. The number of Topliss-reactive ketones (excluding diaryl/α,β-unsaturated/α-hetero) is 1. The fourth-order valence-corrected chi connectivity index (χ4v) is 3.60. The van der Waals surface area contributed by atoms with Gasteiger partial charge in [0.25, 0.3) is 10.0 Å². The molecule has 0 spiro atoms. The molecule has 1 heterocycles. The largest absolute Gasteiger partial charge is 0.394 e. The molecule has 0 radical (unpaired) electrons. The lowest BCUT2D eigenvalue weighted by Gasteiger charge is -2.17. The Labute approximate surface area is 158 Å². The second-order valence-corrected chi connectivity index (χ2v) is 7.47. The van der Waals surface area contributed by atoms with Crippen molar-refractivity contribution in [2.45, 2.75) is 24.0 Å². The van der Waals surface area contributed by atoms with Crippen LogP contribution in [0.25, 0.3) is 0 Å². The molecule has 2 N–H and O–H groups in total. The molecule has 27 heavy (non-hydrogen) atoms. The van der Waals surface area contributed by atoms with E-state index >= 15 is 0 Å². The van der Waals surface area contributed by atoms with Crippen molar-refractivity contribution in [3.63, 3.8) is 0 Å². The van der Waals surface area contributed by atoms with Crippen LogP contribution >= 0.6 is 0 Å². The lowest BCUT2D eigenvalue weighted by atomic mass is 10.1. The summed E-state index contributed by atoms with van der Waals surface area (Å²) in [7, 11) is -3.75. The van der Waals surface area contributed by atoms with Crippen molar-refractivity contribution in [3.05, 3.63) is 54.4 Å². The van der Waals surface area contributed by atoms with Crippen LogP contribution in [0.5, 0.6) is 0 Å². The van der Waals surface area contributed by atoms with Crippen molar-refractivity contribution in [1.29, 1.82) is 0 Å². The zero-order valence-electron chi connectivity index (χ0n) is 14.7. The highest BCUT2D eigenvalue weighted by atomic mass is 32.2. The maximum Gasteiger partial charge on any atom is 0.267 e. The average molecular weight is 397 g/mol. The van der Waals surface area contributed by atoms with Crippen LogP contribution in [0.3, 0.4) is 0 Å². The first kappa shape index (κ1) is 21.3. The van der Waals surface area contributed by atoms with E-state index in [1.54, 1.807) is 18.2 Å². The van der Waals surface area contributed by atoms with Crippen molar-refractivity contribution in [2.75, 3.05) is 26.4 Å². The molecule has 0 unspecified atom stereocenters. The highest BCUT2D eigenvalue weighted by Crippen LogP contribution is 2.16. The SMILES string of the molecule is O=C(CCC(OCCO)OCCO)c1ccn(S(=O)(=O)c2ccccc2)c1. The van der Waals surface area contributed by atoms with Gasteiger partial charge >= 0.3 is 0 Å². The van der Waals surface area contributed by atoms with Crippen LogP contribution in [0.2, 0.25) is 0 Å². The predicted octanol–water partition coefficient (Wildman–Crippen LogP) is 1.03. The van der Waals surface area contributed by atoms with Crippen LogP contribution in [0.1, 0.15) is 23.2 Å². The van der Waals surface area contributed by atoms with Gasteiger partial charge < -0.3 is 19.7 Å². The molecule has 0 fully saturated rings. The van der Waals surface area contributed by atoms with E-state index in [9.17, 15) is 13.2 Å². The van der Waals surface area contributed by atoms with Crippen molar-refractivity contribution < 1.29 is 32.9 Å². The monoisotopic (exact) mass is 397 g/mol. The number of aliphatic hydroxyl groups excluding tert-OH is 2. The van der Waals surface area contributed by atoms with Crippen molar-refractivity contribution in [2.24, 2.45) is 0 Å². The highest BCUT2D eigenvalue weighted by Gasteiger charge is 2.19. The maximum atomic E-state index is 12.5. The highest BCUT2D eigenvalue weighted by molar-refractivity contribution is 7.90. The molecule has 148 valence electrons. The minimum atomic E-state index is -3.75. The molecule has 1 aromatic heterocycles. The summed E-state index contributed by atoms with van der Waals surface area (Å²) in [5, 5.41) is 17.6. The first-order valence-electron chi connectivity index (χ1n) is 8.45. The Hall–Kier alpha value is -2.04. The van der Waals surface area contributed by atoms with Gasteiger partial charge in [0.1, 0.15) is 0 Å². The quantitative estimate of drug-likeness (QED) is 0.406. The predicted molar refractivity (Wildman–Crippen MR) is 96.9 cm³/mol. The molecule has 0 saturated heterocycles. The Kier molecular flexibility index (Phi) is 8.14. The Morgan fingerprint density at radius 3 is 2.26 bits per heavy atom. The Balaban J connectivity index is 2.01. The molecule has 0 saturated carbocycles. The van der Waals surface area contributed by atoms with Gasteiger partial charge in [0.05, 0.1) is 31.3 Å². The molecule has 0 amide bonds. The lowest BCUT2D eigenvalue weighted by Crippen LogP contribution is -2.22. The second kappa shape index (κ2) is 10.3. The summed E-state index contributed by atoms with van der Waals surface area (Å²) in [5.41, 5.74) is 0.262. The van der Waals surface area contributed by atoms with Crippen molar-refractivity contribution in [3.8, 4) is 0 Å². The first-order chi connectivity index (χ1) is 13.0. The Morgan fingerprint density at radius 1 is 1.04 bits per heavy atom. The van der Waals surface area contributed by atoms with Crippen LogP contribution in [0.4, 0.5) is 0 Å². The summed E-state index contributed by atoms with van der Waals surface area (Å²) < 4.78 is 36.6. The zero-order chi connectivity index (χ0) is 19.7. The zero-order valence-corrected chi connectivity index (χ0v) is 15.5. The number of aliphatic hydroxyl groups is 2. The van der Waals surface area contributed by atoms with Gasteiger partial charge in [-0.3, -0.25) is 4.79 Å². The molecule has 0 aliphatic carbocycles. The third kappa shape index (κ3) is 5.98. The molecule has 2 aromatic rings. The van der Waals surface area contributed by atoms with E-state index in [0.29, 0.717) is 0 Å². The molecular formula is C18H23NO7S. The van der Waals surface area contributed by atoms with Crippen molar-refractivity contribution >= 4 is 15.8 Å². The molecule has 0 aliphatic heterocycles. The number of benzene rings is 1. The molecule has 8 nitrogen and oxygen atoms in total. The van der Waals surface area contributed by atoms with Gasteiger partial charge in [-0.1, -0.05) is 18.2 Å². The van der Waals surface area contributed by atoms with Gasteiger partial charge in [-0.25, -0.2) is 12.4 Å². The van der Waals surface area contributed by atoms with E-state index in [1.165, 1.54) is 30.6 Å². The summed E-state index contributed by atoms with van der Waals surface area (Å²) in [5.74, 6) is -0.262. The van der Waals surface area contributed by atoms with E-state index < -0.39 is 16.3 Å². The standard InChI is InChI=1S/C18H23NO7S/c20-10-12-25-18(26-13-11-21)7-6-17(22)15-8-9-19(14-15)27(23,24)16-4-2-1-3-5-16/h1-5,8-9,14,18,20-21H,6-7,10-13H2. The smallest absolute Gasteiger partial charge is 0.267 e. The number of hydrogen-bond acceptors (Lipinski definition) is 7. The Bertz CT molecular complexity index is 809. The number of hydrogen-bond donors (Lipinski definition) is 2. The topological polar surface area (TPSA) is 115 Å². The van der Waals surface area contributed by atoms with Crippen molar-refractivity contribution in [1.82, 2.24) is 3.97 Å². The van der Waals surface area contributed by atoms with E-state index in [1.807, 2.05) is 0 Å². The van der Waals surface area contributed by atoms with Crippen LogP contribution in [0, 0.1) is 0 Å². The van der Waals surface area contributed by atoms with Crippen LogP contribution in [0.15, 0.2) is 53.7 Å². The summed E-state index contributed by atoms with van der Waals surface area (Å²) in [6.45, 7) is -0.272. The number of nitrogens with zero attached hydrogens (tertiary/aromatic N) is 1. The summed E-state index contributed by atoms with van der Waals surface area (Å²) in [4.78, 5) is 12.5. The van der Waals surface area contributed by atoms with Gasteiger partial charge in [0.2, 0.25) is 0 Å². The van der Waals surface area contributed by atoms with E-state index in [-0.39, 0.29) is 55.5 Å². The summed E-state index contributed by atoms with van der Waals surface area (Å²) in [6, 6.07) is 9.39. The van der Waals surface area contributed by atoms with Gasteiger partial charge in [0.15, 0.2) is 12.1 Å². The fourth-order valence-electron chi connectivity index (χ4n) is 2.38. The van der Waals surface area contributed by atoms with Crippen LogP contribution in [-0.2, 0) is 19.5 Å². The molecule has 1 aromatic carbocycles. The minimum absolute atomic E-state index is 0.0516. The lowest BCUT2D eigenvalue weighted by molar-refractivity contribution is -0.154. The average Bonchev–Trinajstić information content (AvgIpc) is 3.19. The van der Waals surface area contributed by atoms with Crippen LogP contribution in [-0.4, -0.2) is 61.1 Å². The first-order valence-corrected chi connectivity index (χ1v) is 9.89. The summed E-state index contributed by atoms with van der Waals surface area (Å²) in [6.07, 6.45) is 2.16. The van der Waals surface area contributed by atoms with E-state index in [0.717, 1.165) is 3.97 Å². The third-order valence-electron chi connectivity index (χ3n) is 3.71. The van der Waals surface area contributed by atoms with E-state index in [2.05, 4.69) is 0 Å². The molecule has 9 heteroatoms. The second-order valence-electron chi connectivity index (χ2n) is 5.63. The summed E-state index contributed by atoms with van der Waals surface area (Å²) >= 11 is 0. The van der Waals surface area contributed by atoms with Gasteiger partial charge in [0, 0.05) is 30.8 Å². The normalized spacial score (nSPS) is 11.8. The number of ether oxygens (including phenoxy) is 2. The number of carbonyl (C=O) groups is 1. The molecule has 2 rings (SSSR count). The maximum absolute atomic E-state index is 12.5. The number of ketones is 1. The fraction of sp³-hybridized carbons (Fsp3) is 0.389. The molecule has 0 atom stereocenters.